The number of aromatic nitrogens is 2. The molecule has 1 aromatic carbocycles. The molecule has 0 unspecified atom stereocenters. The summed E-state index contributed by atoms with van der Waals surface area (Å²) in [6, 6.07) is 4.80. The molecule has 2 heterocycles. The summed E-state index contributed by atoms with van der Waals surface area (Å²) >= 11 is 1.34. The number of alkyl halides is 2. The van der Waals surface area contributed by atoms with E-state index in [1.54, 1.807) is 12.1 Å². The van der Waals surface area contributed by atoms with E-state index in [2.05, 4.69) is 20.0 Å². The summed E-state index contributed by atoms with van der Waals surface area (Å²) in [5.74, 6) is 0.673. The molecule has 1 N–H and O–H groups in total. The SMILES string of the molecule is COc1ccc(CCNC(=O)c2sc3nc(C)nc(C)c3c2C)cc1OC(F)F. The normalized spacial score (nSPS) is 11.1. The zero-order valence-corrected chi connectivity index (χ0v) is 17.3. The van der Waals surface area contributed by atoms with E-state index in [9.17, 15) is 13.6 Å². The molecule has 0 aliphatic carbocycles. The van der Waals surface area contributed by atoms with Crippen LogP contribution in [0.15, 0.2) is 18.2 Å². The van der Waals surface area contributed by atoms with Crippen LogP contribution in [-0.2, 0) is 6.42 Å². The van der Waals surface area contributed by atoms with E-state index in [1.807, 2.05) is 20.8 Å². The number of methoxy groups -OCH3 is 1. The first kappa shape index (κ1) is 20.9. The van der Waals surface area contributed by atoms with Crippen LogP contribution in [0.5, 0.6) is 11.5 Å². The van der Waals surface area contributed by atoms with Crippen molar-refractivity contribution in [3.05, 3.63) is 45.7 Å². The van der Waals surface area contributed by atoms with Gasteiger partial charge in [-0.15, -0.1) is 11.3 Å². The highest BCUT2D eigenvalue weighted by Gasteiger charge is 2.18. The lowest BCUT2D eigenvalue weighted by molar-refractivity contribution is -0.0512. The first-order chi connectivity index (χ1) is 13.8. The molecule has 0 spiro atoms. The Balaban J connectivity index is 1.70. The molecular formula is C20H21F2N3O3S. The van der Waals surface area contributed by atoms with Crippen LogP contribution in [0, 0.1) is 20.8 Å². The van der Waals surface area contributed by atoms with Crippen molar-refractivity contribution in [3.63, 3.8) is 0 Å². The van der Waals surface area contributed by atoms with Crippen LogP contribution >= 0.6 is 11.3 Å². The summed E-state index contributed by atoms with van der Waals surface area (Å²) in [4.78, 5) is 22.8. The van der Waals surface area contributed by atoms with Crippen LogP contribution in [0.3, 0.4) is 0 Å². The van der Waals surface area contributed by atoms with Gasteiger partial charge < -0.3 is 14.8 Å². The molecule has 0 bridgehead atoms. The number of hydrogen-bond acceptors (Lipinski definition) is 6. The number of ether oxygens (including phenoxy) is 2. The Labute approximate surface area is 170 Å². The van der Waals surface area contributed by atoms with Crippen LogP contribution in [-0.4, -0.2) is 36.1 Å². The average molecular weight is 421 g/mol. The molecule has 9 heteroatoms. The molecule has 0 saturated carbocycles. The molecule has 1 amide bonds. The fraction of sp³-hybridized carbons (Fsp3) is 0.350. The van der Waals surface area contributed by atoms with Gasteiger partial charge in [0.05, 0.1) is 12.0 Å². The van der Waals surface area contributed by atoms with Crippen LogP contribution in [0.4, 0.5) is 8.78 Å². The minimum Gasteiger partial charge on any atom is -0.493 e. The van der Waals surface area contributed by atoms with Crippen molar-refractivity contribution >= 4 is 27.5 Å². The molecule has 29 heavy (non-hydrogen) atoms. The van der Waals surface area contributed by atoms with Crippen molar-refractivity contribution in [2.24, 2.45) is 0 Å². The first-order valence-corrected chi connectivity index (χ1v) is 9.76. The predicted octanol–water partition coefficient (Wildman–Crippen LogP) is 4.20. The Morgan fingerprint density at radius 3 is 2.66 bits per heavy atom. The zero-order valence-electron chi connectivity index (χ0n) is 16.5. The molecule has 0 radical (unpaired) electrons. The zero-order chi connectivity index (χ0) is 21.1. The van der Waals surface area contributed by atoms with Gasteiger partial charge in [0.1, 0.15) is 10.7 Å². The smallest absolute Gasteiger partial charge is 0.387 e. The second kappa shape index (κ2) is 8.69. The van der Waals surface area contributed by atoms with Gasteiger partial charge in [-0.2, -0.15) is 8.78 Å². The highest BCUT2D eigenvalue weighted by atomic mass is 32.1. The van der Waals surface area contributed by atoms with Gasteiger partial charge in [-0.25, -0.2) is 9.97 Å². The van der Waals surface area contributed by atoms with E-state index in [4.69, 9.17) is 4.74 Å². The summed E-state index contributed by atoms with van der Waals surface area (Å²) in [6.45, 7) is 3.02. The molecule has 0 fully saturated rings. The molecule has 2 aromatic heterocycles. The summed E-state index contributed by atoms with van der Waals surface area (Å²) in [5.41, 5.74) is 2.45. The third-order valence-corrected chi connectivity index (χ3v) is 5.62. The molecule has 0 saturated heterocycles. The topological polar surface area (TPSA) is 73.3 Å². The third-order valence-electron chi connectivity index (χ3n) is 4.43. The van der Waals surface area contributed by atoms with Gasteiger partial charge in [-0.1, -0.05) is 6.07 Å². The van der Waals surface area contributed by atoms with E-state index in [-0.39, 0.29) is 17.4 Å². The van der Waals surface area contributed by atoms with Crippen molar-refractivity contribution in [2.75, 3.05) is 13.7 Å². The second-order valence-electron chi connectivity index (χ2n) is 6.46. The highest BCUT2D eigenvalue weighted by Crippen LogP contribution is 2.31. The molecule has 0 aliphatic heterocycles. The number of nitrogens with zero attached hydrogens (tertiary/aromatic N) is 2. The third kappa shape index (κ3) is 4.61. The van der Waals surface area contributed by atoms with E-state index >= 15 is 0 Å². The Morgan fingerprint density at radius 1 is 1.21 bits per heavy atom. The van der Waals surface area contributed by atoms with Crippen molar-refractivity contribution in [2.45, 2.75) is 33.8 Å². The summed E-state index contributed by atoms with van der Waals surface area (Å²) in [5, 5.41) is 3.79. The van der Waals surface area contributed by atoms with Gasteiger partial charge in [0, 0.05) is 17.6 Å². The van der Waals surface area contributed by atoms with Crippen molar-refractivity contribution < 1.29 is 23.0 Å². The molecule has 154 valence electrons. The Bertz CT molecular complexity index is 1050. The lowest BCUT2D eigenvalue weighted by Gasteiger charge is -2.12. The van der Waals surface area contributed by atoms with E-state index in [0.717, 1.165) is 27.0 Å². The number of benzene rings is 1. The number of halogens is 2. The largest absolute Gasteiger partial charge is 0.493 e. The number of aryl methyl sites for hydroxylation is 3. The highest BCUT2D eigenvalue weighted by molar-refractivity contribution is 7.20. The number of fused-ring (bicyclic) bond motifs is 1. The number of amides is 1. The number of carbonyl (C=O) groups excluding carboxylic acids is 1. The molecule has 0 atom stereocenters. The minimum absolute atomic E-state index is 0.0314. The predicted molar refractivity (Wildman–Crippen MR) is 107 cm³/mol. The van der Waals surface area contributed by atoms with E-state index in [0.29, 0.717) is 23.7 Å². The van der Waals surface area contributed by atoms with Gasteiger partial charge in [-0.3, -0.25) is 4.79 Å². The fourth-order valence-corrected chi connectivity index (χ4v) is 4.35. The Morgan fingerprint density at radius 2 is 1.97 bits per heavy atom. The van der Waals surface area contributed by atoms with Gasteiger partial charge >= 0.3 is 6.61 Å². The Hall–Kier alpha value is -2.81. The van der Waals surface area contributed by atoms with Crippen LogP contribution in [0.25, 0.3) is 10.2 Å². The van der Waals surface area contributed by atoms with Gasteiger partial charge in [0.2, 0.25) is 0 Å². The average Bonchev–Trinajstić information content (AvgIpc) is 2.98. The van der Waals surface area contributed by atoms with E-state index in [1.165, 1.54) is 24.5 Å². The maximum absolute atomic E-state index is 12.6. The Kier molecular flexibility index (Phi) is 6.26. The fourth-order valence-electron chi connectivity index (χ4n) is 3.16. The molecule has 0 aliphatic rings. The standard InChI is InChI=1S/C20H21F2N3O3S/c1-10-16-11(2)24-12(3)25-19(16)29-17(10)18(26)23-8-7-13-5-6-14(27-4)15(9-13)28-20(21)22/h5-6,9,20H,7-8H2,1-4H3,(H,23,26). The maximum atomic E-state index is 12.6. The lowest BCUT2D eigenvalue weighted by atomic mass is 10.1. The van der Waals surface area contributed by atoms with Gasteiger partial charge in [-0.05, 0) is 50.5 Å². The van der Waals surface area contributed by atoms with Crippen LogP contribution < -0.4 is 14.8 Å². The number of hydrogen-bond donors (Lipinski definition) is 1. The maximum Gasteiger partial charge on any atom is 0.387 e. The number of carbonyl (C=O) groups is 1. The van der Waals surface area contributed by atoms with E-state index < -0.39 is 6.61 Å². The molecule has 6 nitrogen and oxygen atoms in total. The van der Waals surface area contributed by atoms with Crippen molar-refractivity contribution in [1.29, 1.82) is 0 Å². The quantitative estimate of drug-likeness (QED) is 0.619. The number of thiophene rings is 1. The summed E-state index contributed by atoms with van der Waals surface area (Å²) in [6.07, 6.45) is 0.456. The first-order valence-electron chi connectivity index (χ1n) is 8.94. The molecule has 3 rings (SSSR count). The van der Waals surface area contributed by atoms with Crippen molar-refractivity contribution in [3.8, 4) is 11.5 Å². The van der Waals surface area contributed by atoms with Crippen molar-refractivity contribution in [1.82, 2.24) is 15.3 Å². The van der Waals surface area contributed by atoms with Gasteiger partial charge in [0.15, 0.2) is 11.5 Å². The summed E-state index contributed by atoms with van der Waals surface area (Å²) < 4.78 is 34.6. The number of nitrogens with one attached hydrogen (secondary N) is 1. The second-order valence-corrected chi connectivity index (χ2v) is 7.46. The monoisotopic (exact) mass is 421 g/mol. The minimum atomic E-state index is -2.94. The van der Waals surface area contributed by atoms with Crippen LogP contribution in [0.2, 0.25) is 0 Å². The molecular weight excluding hydrogens is 400 g/mol. The summed E-state index contributed by atoms with van der Waals surface area (Å²) in [7, 11) is 1.38. The molecule has 3 aromatic rings. The lowest BCUT2D eigenvalue weighted by Crippen LogP contribution is -2.25. The number of rotatable bonds is 7. The van der Waals surface area contributed by atoms with Gasteiger partial charge in [0.25, 0.3) is 5.91 Å². The van der Waals surface area contributed by atoms with Crippen LogP contribution in [0.1, 0.15) is 32.3 Å².